The molecule has 0 spiro atoms. The SMILES string of the molecule is CS(=O)(=O)c1ccc(CNCCC2CCNC2)cc1. The Morgan fingerprint density at radius 3 is 2.63 bits per heavy atom. The second kappa shape index (κ2) is 6.50. The predicted octanol–water partition coefficient (Wildman–Crippen LogP) is 1.18. The van der Waals surface area contributed by atoms with Gasteiger partial charge in [0.1, 0.15) is 0 Å². The van der Waals surface area contributed by atoms with E-state index in [4.69, 9.17) is 0 Å². The number of benzene rings is 1. The predicted molar refractivity (Wildman–Crippen MR) is 76.9 cm³/mol. The summed E-state index contributed by atoms with van der Waals surface area (Å²) in [6.07, 6.45) is 3.72. The van der Waals surface area contributed by atoms with Crippen molar-refractivity contribution < 1.29 is 8.42 Å². The first-order valence-electron chi connectivity index (χ1n) is 6.76. The van der Waals surface area contributed by atoms with Gasteiger partial charge in [0.25, 0.3) is 0 Å². The highest BCUT2D eigenvalue weighted by molar-refractivity contribution is 7.90. The summed E-state index contributed by atoms with van der Waals surface area (Å²) in [7, 11) is -3.08. The summed E-state index contributed by atoms with van der Waals surface area (Å²) in [5.41, 5.74) is 1.12. The van der Waals surface area contributed by atoms with E-state index >= 15 is 0 Å². The lowest BCUT2D eigenvalue weighted by Crippen LogP contribution is -2.19. The van der Waals surface area contributed by atoms with Crippen molar-refractivity contribution in [3.8, 4) is 0 Å². The Bertz CT molecular complexity index is 491. The van der Waals surface area contributed by atoms with Crippen molar-refractivity contribution in [2.75, 3.05) is 25.9 Å². The van der Waals surface area contributed by atoms with Gasteiger partial charge in [-0.05, 0) is 56.1 Å². The molecule has 0 saturated carbocycles. The summed E-state index contributed by atoms with van der Waals surface area (Å²) < 4.78 is 22.7. The van der Waals surface area contributed by atoms with Gasteiger partial charge in [0.15, 0.2) is 9.84 Å². The molecule has 0 amide bonds. The van der Waals surface area contributed by atoms with Crippen molar-refractivity contribution in [1.29, 1.82) is 0 Å². The first kappa shape index (κ1) is 14.5. The largest absolute Gasteiger partial charge is 0.316 e. The number of hydrogen-bond acceptors (Lipinski definition) is 4. The van der Waals surface area contributed by atoms with E-state index in [1.54, 1.807) is 12.1 Å². The number of hydrogen-bond donors (Lipinski definition) is 2. The summed E-state index contributed by atoms with van der Waals surface area (Å²) in [4.78, 5) is 0.383. The standard InChI is InChI=1S/C14H22N2O2S/c1-19(17,18)14-4-2-12(3-5-14)10-15-8-6-13-7-9-16-11-13/h2-5,13,15-16H,6-11H2,1H3. The van der Waals surface area contributed by atoms with Gasteiger partial charge in [0.2, 0.25) is 0 Å². The van der Waals surface area contributed by atoms with Crippen LogP contribution in [0.5, 0.6) is 0 Å². The molecule has 0 aliphatic carbocycles. The second-order valence-corrected chi connectivity index (χ2v) is 7.26. The third kappa shape index (κ3) is 4.60. The molecule has 0 radical (unpaired) electrons. The van der Waals surface area contributed by atoms with E-state index in [0.29, 0.717) is 4.90 Å². The van der Waals surface area contributed by atoms with Gasteiger partial charge in [0, 0.05) is 12.8 Å². The molecular weight excluding hydrogens is 260 g/mol. The average molecular weight is 282 g/mol. The monoisotopic (exact) mass is 282 g/mol. The van der Waals surface area contributed by atoms with Gasteiger partial charge in [-0.1, -0.05) is 12.1 Å². The van der Waals surface area contributed by atoms with Crippen LogP contribution in [0.3, 0.4) is 0 Å². The van der Waals surface area contributed by atoms with Crippen molar-refractivity contribution in [2.45, 2.75) is 24.3 Å². The van der Waals surface area contributed by atoms with Crippen LogP contribution in [0.15, 0.2) is 29.2 Å². The van der Waals surface area contributed by atoms with Gasteiger partial charge in [0.05, 0.1) is 4.90 Å². The minimum atomic E-state index is -3.08. The Balaban J connectivity index is 1.74. The fourth-order valence-corrected chi connectivity index (χ4v) is 2.98. The summed E-state index contributed by atoms with van der Waals surface area (Å²) in [5.74, 6) is 0.806. The molecule has 2 N–H and O–H groups in total. The van der Waals surface area contributed by atoms with Crippen LogP contribution in [0, 0.1) is 5.92 Å². The molecule has 5 heteroatoms. The minimum absolute atomic E-state index is 0.383. The number of rotatable bonds is 6. The molecule has 1 aromatic rings. The zero-order valence-corrected chi connectivity index (χ0v) is 12.2. The molecule has 1 aliphatic rings. The molecule has 1 saturated heterocycles. The Morgan fingerprint density at radius 2 is 2.05 bits per heavy atom. The molecule has 1 fully saturated rings. The van der Waals surface area contributed by atoms with Crippen LogP contribution < -0.4 is 10.6 Å². The maximum absolute atomic E-state index is 11.3. The van der Waals surface area contributed by atoms with Crippen molar-refractivity contribution in [3.05, 3.63) is 29.8 Å². The fourth-order valence-electron chi connectivity index (χ4n) is 2.35. The van der Waals surface area contributed by atoms with Crippen molar-refractivity contribution in [1.82, 2.24) is 10.6 Å². The molecular formula is C14H22N2O2S. The smallest absolute Gasteiger partial charge is 0.175 e. The molecule has 1 atom stereocenters. The quantitative estimate of drug-likeness (QED) is 0.769. The first-order valence-corrected chi connectivity index (χ1v) is 8.65. The lowest BCUT2D eigenvalue weighted by atomic mass is 10.1. The topological polar surface area (TPSA) is 58.2 Å². The molecule has 19 heavy (non-hydrogen) atoms. The highest BCUT2D eigenvalue weighted by Crippen LogP contribution is 2.12. The first-order chi connectivity index (χ1) is 9.05. The molecule has 0 aromatic heterocycles. The third-order valence-corrected chi connectivity index (χ3v) is 4.70. The summed E-state index contributed by atoms with van der Waals surface area (Å²) in [6, 6.07) is 7.10. The van der Waals surface area contributed by atoms with E-state index in [1.165, 1.54) is 19.1 Å². The Labute approximate surface area is 115 Å². The maximum Gasteiger partial charge on any atom is 0.175 e. The fraction of sp³-hybridized carbons (Fsp3) is 0.571. The summed E-state index contributed by atoms with van der Waals surface area (Å²) in [5, 5.41) is 6.78. The van der Waals surface area contributed by atoms with Crippen LogP contribution >= 0.6 is 0 Å². The van der Waals surface area contributed by atoms with Gasteiger partial charge in [-0.15, -0.1) is 0 Å². The van der Waals surface area contributed by atoms with Gasteiger partial charge < -0.3 is 10.6 Å². The van der Waals surface area contributed by atoms with E-state index < -0.39 is 9.84 Å². The zero-order chi connectivity index (χ0) is 13.7. The second-order valence-electron chi connectivity index (χ2n) is 5.24. The number of sulfone groups is 1. The van der Waals surface area contributed by atoms with Crippen molar-refractivity contribution in [2.24, 2.45) is 5.92 Å². The lowest BCUT2D eigenvalue weighted by Gasteiger charge is -2.09. The van der Waals surface area contributed by atoms with E-state index in [9.17, 15) is 8.42 Å². The van der Waals surface area contributed by atoms with Crippen LogP contribution in [0.25, 0.3) is 0 Å². The van der Waals surface area contributed by atoms with Crippen LogP contribution in [0.2, 0.25) is 0 Å². The van der Waals surface area contributed by atoms with Gasteiger partial charge in [-0.3, -0.25) is 0 Å². The van der Waals surface area contributed by atoms with Crippen LogP contribution in [-0.2, 0) is 16.4 Å². The van der Waals surface area contributed by atoms with Gasteiger partial charge in [-0.2, -0.15) is 0 Å². The normalized spacial score (nSPS) is 19.7. The maximum atomic E-state index is 11.3. The Hall–Kier alpha value is -0.910. The number of nitrogens with one attached hydrogen (secondary N) is 2. The van der Waals surface area contributed by atoms with E-state index in [-0.39, 0.29) is 0 Å². The Kier molecular flexibility index (Phi) is 4.96. The summed E-state index contributed by atoms with van der Waals surface area (Å²) in [6.45, 7) is 4.10. The van der Waals surface area contributed by atoms with E-state index in [0.717, 1.165) is 37.7 Å². The van der Waals surface area contributed by atoms with Gasteiger partial charge >= 0.3 is 0 Å². The van der Waals surface area contributed by atoms with E-state index in [1.807, 2.05) is 12.1 Å². The van der Waals surface area contributed by atoms with Crippen LogP contribution in [0.1, 0.15) is 18.4 Å². The molecule has 1 heterocycles. The lowest BCUT2D eigenvalue weighted by molar-refractivity contribution is 0.500. The molecule has 1 aliphatic heterocycles. The van der Waals surface area contributed by atoms with Crippen molar-refractivity contribution >= 4 is 9.84 Å². The van der Waals surface area contributed by atoms with Crippen LogP contribution in [0.4, 0.5) is 0 Å². The molecule has 4 nitrogen and oxygen atoms in total. The third-order valence-electron chi connectivity index (χ3n) is 3.57. The zero-order valence-electron chi connectivity index (χ0n) is 11.4. The Morgan fingerprint density at radius 1 is 1.32 bits per heavy atom. The molecule has 106 valence electrons. The highest BCUT2D eigenvalue weighted by Gasteiger charge is 2.13. The van der Waals surface area contributed by atoms with E-state index in [2.05, 4.69) is 10.6 Å². The average Bonchev–Trinajstić information content (AvgIpc) is 2.87. The molecule has 0 bridgehead atoms. The highest BCUT2D eigenvalue weighted by atomic mass is 32.2. The summed E-state index contributed by atoms with van der Waals surface area (Å²) >= 11 is 0. The molecule has 2 rings (SSSR count). The van der Waals surface area contributed by atoms with Crippen LogP contribution in [-0.4, -0.2) is 34.3 Å². The molecule has 1 unspecified atom stereocenters. The minimum Gasteiger partial charge on any atom is -0.316 e. The molecule has 1 aromatic carbocycles. The van der Waals surface area contributed by atoms with Crippen molar-refractivity contribution in [3.63, 3.8) is 0 Å². The van der Waals surface area contributed by atoms with Gasteiger partial charge in [-0.25, -0.2) is 8.42 Å².